The van der Waals surface area contributed by atoms with Gasteiger partial charge in [0.25, 0.3) is 0 Å². The number of rotatable bonds is 2. The van der Waals surface area contributed by atoms with E-state index in [1.54, 1.807) is 30.0 Å². The Bertz CT molecular complexity index is 583. The molecular weight excluding hydrogens is 232 g/mol. The van der Waals surface area contributed by atoms with Crippen molar-refractivity contribution in [3.05, 3.63) is 24.0 Å². The van der Waals surface area contributed by atoms with Crippen LogP contribution in [0.15, 0.2) is 18.5 Å². The number of nitrogens with zero attached hydrogens (tertiary/aromatic N) is 3. The summed E-state index contributed by atoms with van der Waals surface area (Å²) in [5.74, 6) is 0.0310. The molecule has 1 N–H and O–H groups in total. The molecule has 6 heteroatoms. The molecule has 0 saturated heterocycles. The average molecular weight is 248 g/mol. The fourth-order valence-electron chi connectivity index (χ4n) is 1.58. The first-order chi connectivity index (χ1) is 8.42. The van der Waals surface area contributed by atoms with Crippen LogP contribution in [0.25, 0.3) is 5.65 Å². The fraction of sp³-hybridized carbons (Fsp3) is 0.417. The third-order valence-electron chi connectivity index (χ3n) is 2.24. The van der Waals surface area contributed by atoms with Gasteiger partial charge in [-0.2, -0.15) is 0 Å². The van der Waals surface area contributed by atoms with Gasteiger partial charge in [-0.1, -0.05) is 0 Å². The van der Waals surface area contributed by atoms with Crippen LogP contribution in [0.2, 0.25) is 0 Å². The van der Waals surface area contributed by atoms with Gasteiger partial charge in [0, 0.05) is 19.4 Å². The standard InChI is InChI=1S/C12H16N4O2/c1-12(2,3)18-11(17)8-9(13-4)15-16-7-5-6-14-10(8)16/h5-7H,1-4H3,(H,13,15). The number of esters is 1. The van der Waals surface area contributed by atoms with Gasteiger partial charge in [-0.25, -0.2) is 14.3 Å². The lowest BCUT2D eigenvalue weighted by Crippen LogP contribution is -2.24. The van der Waals surface area contributed by atoms with Crippen LogP contribution in [-0.4, -0.2) is 33.2 Å². The number of carbonyl (C=O) groups is 1. The molecule has 0 spiro atoms. The molecule has 0 bridgehead atoms. The Balaban J connectivity index is 2.51. The molecule has 0 atom stereocenters. The highest BCUT2D eigenvalue weighted by molar-refractivity contribution is 6.01. The summed E-state index contributed by atoms with van der Waals surface area (Å²) in [5, 5.41) is 7.10. The van der Waals surface area contributed by atoms with Crippen LogP contribution in [0.4, 0.5) is 5.82 Å². The van der Waals surface area contributed by atoms with Crippen molar-refractivity contribution in [2.75, 3.05) is 12.4 Å². The van der Waals surface area contributed by atoms with E-state index < -0.39 is 11.6 Å². The summed E-state index contributed by atoms with van der Waals surface area (Å²) in [4.78, 5) is 16.3. The maximum Gasteiger partial charge on any atom is 0.346 e. The smallest absolute Gasteiger partial charge is 0.346 e. The second-order valence-corrected chi connectivity index (χ2v) is 4.86. The minimum absolute atomic E-state index is 0.355. The molecule has 0 unspecified atom stereocenters. The molecule has 6 nitrogen and oxygen atoms in total. The van der Waals surface area contributed by atoms with Crippen molar-refractivity contribution < 1.29 is 9.53 Å². The Hall–Kier alpha value is -2.11. The lowest BCUT2D eigenvalue weighted by Gasteiger charge is -2.19. The van der Waals surface area contributed by atoms with Gasteiger partial charge in [-0.3, -0.25) is 0 Å². The summed E-state index contributed by atoms with van der Waals surface area (Å²) >= 11 is 0. The summed E-state index contributed by atoms with van der Waals surface area (Å²) < 4.78 is 6.91. The predicted octanol–water partition coefficient (Wildman–Crippen LogP) is 1.73. The van der Waals surface area contributed by atoms with E-state index in [4.69, 9.17) is 4.74 Å². The summed E-state index contributed by atoms with van der Waals surface area (Å²) in [5.41, 5.74) is 0.287. The lowest BCUT2D eigenvalue weighted by atomic mass is 10.2. The van der Waals surface area contributed by atoms with Crippen LogP contribution < -0.4 is 5.32 Å². The van der Waals surface area contributed by atoms with E-state index in [1.807, 2.05) is 20.8 Å². The zero-order valence-corrected chi connectivity index (χ0v) is 10.9. The Morgan fingerprint density at radius 2 is 2.17 bits per heavy atom. The maximum absolute atomic E-state index is 12.2. The Kier molecular flexibility index (Phi) is 2.94. The van der Waals surface area contributed by atoms with Gasteiger partial charge in [-0.05, 0) is 26.8 Å². The molecule has 0 aliphatic heterocycles. The molecule has 0 fully saturated rings. The first-order valence-electron chi connectivity index (χ1n) is 5.67. The summed E-state index contributed by atoms with van der Waals surface area (Å²) in [7, 11) is 1.70. The molecule has 96 valence electrons. The Labute approximate surface area is 105 Å². The zero-order chi connectivity index (χ0) is 13.3. The fourth-order valence-corrected chi connectivity index (χ4v) is 1.58. The van der Waals surface area contributed by atoms with Crippen LogP contribution in [0.3, 0.4) is 0 Å². The van der Waals surface area contributed by atoms with Crippen molar-refractivity contribution in [3.8, 4) is 0 Å². The number of carbonyl (C=O) groups excluding carboxylic acids is 1. The highest BCUT2D eigenvalue weighted by Crippen LogP contribution is 2.21. The normalized spacial score (nSPS) is 11.6. The topological polar surface area (TPSA) is 68.5 Å². The van der Waals surface area contributed by atoms with Crippen molar-refractivity contribution >= 4 is 17.4 Å². The molecule has 0 aromatic carbocycles. The van der Waals surface area contributed by atoms with Crippen molar-refractivity contribution in [3.63, 3.8) is 0 Å². The van der Waals surface area contributed by atoms with Crippen molar-refractivity contribution in [1.82, 2.24) is 14.6 Å². The molecule has 2 heterocycles. The summed E-state index contributed by atoms with van der Waals surface area (Å²) in [6, 6.07) is 1.75. The first-order valence-corrected chi connectivity index (χ1v) is 5.67. The molecule has 0 amide bonds. The highest BCUT2D eigenvalue weighted by atomic mass is 16.6. The predicted molar refractivity (Wildman–Crippen MR) is 67.7 cm³/mol. The van der Waals surface area contributed by atoms with Gasteiger partial charge in [-0.15, -0.1) is 5.10 Å². The van der Waals surface area contributed by atoms with Crippen LogP contribution in [-0.2, 0) is 4.74 Å². The third-order valence-corrected chi connectivity index (χ3v) is 2.24. The van der Waals surface area contributed by atoms with Gasteiger partial charge >= 0.3 is 5.97 Å². The minimum Gasteiger partial charge on any atom is -0.456 e. The third kappa shape index (κ3) is 2.27. The van der Waals surface area contributed by atoms with Gasteiger partial charge in [0.05, 0.1) is 0 Å². The van der Waals surface area contributed by atoms with Crippen molar-refractivity contribution in [2.45, 2.75) is 26.4 Å². The highest BCUT2D eigenvalue weighted by Gasteiger charge is 2.25. The number of hydrogen-bond acceptors (Lipinski definition) is 5. The molecule has 0 aliphatic carbocycles. The monoisotopic (exact) mass is 248 g/mol. The number of hydrogen-bond donors (Lipinski definition) is 1. The molecular formula is C12H16N4O2. The molecule has 2 aromatic rings. The minimum atomic E-state index is -0.550. The molecule has 2 rings (SSSR count). The van der Waals surface area contributed by atoms with E-state index in [1.165, 1.54) is 0 Å². The molecule has 18 heavy (non-hydrogen) atoms. The van der Waals surface area contributed by atoms with Crippen LogP contribution in [0, 0.1) is 0 Å². The van der Waals surface area contributed by atoms with Crippen LogP contribution in [0.5, 0.6) is 0 Å². The molecule has 2 aromatic heterocycles. The number of nitrogens with one attached hydrogen (secondary N) is 1. The Morgan fingerprint density at radius 3 is 2.78 bits per heavy atom. The molecule has 0 aliphatic rings. The Morgan fingerprint density at radius 1 is 1.44 bits per heavy atom. The number of ether oxygens (including phenoxy) is 1. The maximum atomic E-state index is 12.2. The number of aromatic nitrogens is 3. The summed E-state index contributed by atoms with van der Waals surface area (Å²) in [6.07, 6.45) is 3.35. The van der Waals surface area contributed by atoms with Gasteiger partial charge in [0.2, 0.25) is 0 Å². The van der Waals surface area contributed by atoms with Crippen LogP contribution in [0.1, 0.15) is 31.1 Å². The number of fused-ring (bicyclic) bond motifs is 1. The first kappa shape index (κ1) is 12.3. The van der Waals surface area contributed by atoms with Gasteiger partial charge < -0.3 is 10.1 Å². The molecule has 0 radical (unpaired) electrons. The van der Waals surface area contributed by atoms with Gasteiger partial charge in [0.1, 0.15) is 11.2 Å². The second kappa shape index (κ2) is 4.29. The van der Waals surface area contributed by atoms with Gasteiger partial charge in [0.15, 0.2) is 11.5 Å². The average Bonchev–Trinajstić information content (AvgIpc) is 2.64. The SMILES string of the molecule is CNc1nn2cccnc2c1C(=O)OC(C)(C)C. The quantitative estimate of drug-likeness (QED) is 0.820. The summed E-state index contributed by atoms with van der Waals surface area (Å²) in [6.45, 7) is 5.47. The van der Waals surface area contributed by atoms with E-state index in [9.17, 15) is 4.79 Å². The second-order valence-electron chi connectivity index (χ2n) is 4.86. The zero-order valence-electron chi connectivity index (χ0n) is 10.9. The lowest BCUT2D eigenvalue weighted by molar-refractivity contribution is 0.00727. The molecule has 0 saturated carbocycles. The van der Waals surface area contributed by atoms with E-state index in [0.717, 1.165) is 0 Å². The van der Waals surface area contributed by atoms with E-state index in [2.05, 4.69) is 15.4 Å². The van der Waals surface area contributed by atoms with Crippen molar-refractivity contribution in [2.24, 2.45) is 0 Å². The number of anilines is 1. The van der Waals surface area contributed by atoms with E-state index in [-0.39, 0.29) is 0 Å². The van der Waals surface area contributed by atoms with E-state index in [0.29, 0.717) is 17.0 Å². The van der Waals surface area contributed by atoms with Crippen molar-refractivity contribution in [1.29, 1.82) is 0 Å². The van der Waals surface area contributed by atoms with E-state index >= 15 is 0 Å². The largest absolute Gasteiger partial charge is 0.456 e. The van der Waals surface area contributed by atoms with Crippen LogP contribution >= 0.6 is 0 Å².